The van der Waals surface area contributed by atoms with E-state index in [2.05, 4.69) is 68.1 Å². The maximum Gasteiger partial charge on any atom is 0.212 e. The van der Waals surface area contributed by atoms with Gasteiger partial charge in [-0.3, -0.25) is 4.98 Å². The van der Waals surface area contributed by atoms with Crippen molar-refractivity contribution >= 4 is 0 Å². The van der Waals surface area contributed by atoms with Gasteiger partial charge in [-0.2, -0.15) is 0 Å². The molecule has 6 rings (SSSR count). The van der Waals surface area contributed by atoms with E-state index in [1.54, 1.807) is 0 Å². The van der Waals surface area contributed by atoms with Gasteiger partial charge in [0, 0.05) is 28.3 Å². The molecule has 0 unspecified atom stereocenters. The number of hydrogen-bond acceptors (Lipinski definition) is 1. The van der Waals surface area contributed by atoms with Gasteiger partial charge in [0.1, 0.15) is 12.9 Å². The van der Waals surface area contributed by atoms with Crippen molar-refractivity contribution in [1.82, 2.24) is 4.98 Å². The average molecular weight is 436 g/mol. The van der Waals surface area contributed by atoms with Crippen molar-refractivity contribution in [2.75, 3.05) is 0 Å². The standard InChI is InChI=1S/C30H28FN2/c1-19-6-13-24-25-14-7-20(2)32-29(25)30(16-4-5-17-30)28(24)27(19)26-15-10-22(18-33(26)3)21-8-11-23(31)12-9-21/h6-15,18H,4-5,16-17H2,1-3H3/q+1. The lowest BCUT2D eigenvalue weighted by atomic mass is 9.75. The van der Waals surface area contributed by atoms with Crippen molar-refractivity contribution in [3.05, 3.63) is 95.2 Å². The Balaban J connectivity index is 1.57. The molecule has 2 aromatic carbocycles. The molecule has 1 fully saturated rings. The Labute approximate surface area is 194 Å². The van der Waals surface area contributed by atoms with E-state index in [9.17, 15) is 4.39 Å². The van der Waals surface area contributed by atoms with Crippen molar-refractivity contribution in [1.29, 1.82) is 0 Å². The second-order valence-corrected chi connectivity index (χ2v) is 9.74. The highest BCUT2D eigenvalue weighted by molar-refractivity contribution is 5.88. The molecule has 0 atom stereocenters. The van der Waals surface area contributed by atoms with Crippen LogP contribution in [0.15, 0.2) is 66.9 Å². The fourth-order valence-corrected chi connectivity index (χ4v) is 6.16. The lowest BCUT2D eigenvalue weighted by Gasteiger charge is -2.28. The number of aromatic nitrogens is 2. The third-order valence-corrected chi connectivity index (χ3v) is 7.69. The molecule has 0 bridgehead atoms. The second kappa shape index (κ2) is 7.34. The lowest BCUT2D eigenvalue weighted by Crippen LogP contribution is -2.32. The zero-order valence-electron chi connectivity index (χ0n) is 19.5. The Morgan fingerprint density at radius 1 is 0.818 bits per heavy atom. The van der Waals surface area contributed by atoms with E-state index < -0.39 is 0 Å². The summed E-state index contributed by atoms with van der Waals surface area (Å²) in [5.74, 6) is -0.208. The van der Waals surface area contributed by atoms with Gasteiger partial charge in [-0.25, -0.2) is 8.96 Å². The van der Waals surface area contributed by atoms with Gasteiger partial charge < -0.3 is 0 Å². The Hall–Kier alpha value is -3.33. The minimum Gasteiger partial charge on any atom is -0.257 e. The summed E-state index contributed by atoms with van der Waals surface area (Å²) < 4.78 is 15.6. The summed E-state index contributed by atoms with van der Waals surface area (Å²) >= 11 is 0. The summed E-state index contributed by atoms with van der Waals surface area (Å²) in [7, 11) is 2.12. The Morgan fingerprint density at radius 2 is 1.52 bits per heavy atom. The van der Waals surface area contributed by atoms with Crippen LogP contribution in [0.5, 0.6) is 0 Å². The third-order valence-electron chi connectivity index (χ3n) is 7.69. The first-order chi connectivity index (χ1) is 16.0. The van der Waals surface area contributed by atoms with Crippen LogP contribution in [0.4, 0.5) is 4.39 Å². The van der Waals surface area contributed by atoms with E-state index in [1.807, 2.05) is 12.1 Å². The highest BCUT2D eigenvalue weighted by Gasteiger charge is 2.49. The van der Waals surface area contributed by atoms with Gasteiger partial charge in [-0.15, -0.1) is 0 Å². The molecule has 2 aliphatic rings. The summed E-state index contributed by atoms with van der Waals surface area (Å²) in [6.07, 6.45) is 6.98. The van der Waals surface area contributed by atoms with E-state index in [4.69, 9.17) is 4.98 Å². The number of rotatable bonds is 2. The third kappa shape index (κ3) is 2.98. The highest BCUT2D eigenvalue weighted by atomic mass is 19.1. The normalized spacial score (nSPS) is 15.6. The van der Waals surface area contributed by atoms with Crippen molar-refractivity contribution < 1.29 is 8.96 Å². The fraction of sp³-hybridized carbons (Fsp3) is 0.267. The number of fused-ring (bicyclic) bond motifs is 5. The van der Waals surface area contributed by atoms with Crippen LogP contribution >= 0.6 is 0 Å². The second-order valence-electron chi connectivity index (χ2n) is 9.74. The zero-order chi connectivity index (χ0) is 22.7. The number of halogens is 1. The largest absolute Gasteiger partial charge is 0.257 e. The minimum atomic E-state index is -0.208. The van der Waals surface area contributed by atoms with Gasteiger partial charge in [0.25, 0.3) is 0 Å². The van der Waals surface area contributed by atoms with Crippen molar-refractivity contribution in [3.63, 3.8) is 0 Å². The molecule has 2 heterocycles. The Morgan fingerprint density at radius 3 is 2.24 bits per heavy atom. The summed E-state index contributed by atoms with van der Waals surface area (Å²) in [6.45, 7) is 4.33. The van der Waals surface area contributed by atoms with Gasteiger partial charge in [0.15, 0.2) is 6.20 Å². The van der Waals surface area contributed by atoms with E-state index in [1.165, 1.54) is 64.2 Å². The number of aryl methyl sites for hydroxylation is 3. The molecule has 0 saturated heterocycles. The molecule has 0 aliphatic heterocycles. The first-order valence-electron chi connectivity index (χ1n) is 11.9. The molecular formula is C30H28FN2+. The monoisotopic (exact) mass is 435 g/mol. The predicted molar refractivity (Wildman–Crippen MR) is 130 cm³/mol. The Kier molecular flexibility index (Phi) is 4.52. The van der Waals surface area contributed by atoms with Crippen LogP contribution in [0.1, 0.15) is 48.2 Å². The molecule has 4 aromatic rings. The number of nitrogens with zero attached hydrogens (tertiary/aromatic N) is 2. The van der Waals surface area contributed by atoms with E-state index in [0.717, 1.165) is 29.7 Å². The van der Waals surface area contributed by atoms with Crippen LogP contribution < -0.4 is 4.57 Å². The van der Waals surface area contributed by atoms with Crippen LogP contribution in [0.2, 0.25) is 0 Å². The molecular weight excluding hydrogens is 407 g/mol. The van der Waals surface area contributed by atoms with E-state index >= 15 is 0 Å². The maximum atomic E-state index is 13.4. The summed E-state index contributed by atoms with van der Waals surface area (Å²) in [4.78, 5) is 5.11. The molecule has 2 aromatic heterocycles. The van der Waals surface area contributed by atoms with Crippen LogP contribution in [0.25, 0.3) is 33.5 Å². The fourth-order valence-electron chi connectivity index (χ4n) is 6.16. The molecule has 2 nitrogen and oxygen atoms in total. The zero-order valence-corrected chi connectivity index (χ0v) is 19.5. The molecule has 33 heavy (non-hydrogen) atoms. The summed E-state index contributed by atoms with van der Waals surface area (Å²) in [5, 5.41) is 0. The first-order valence-corrected chi connectivity index (χ1v) is 11.9. The number of hydrogen-bond donors (Lipinski definition) is 0. The topological polar surface area (TPSA) is 16.8 Å². The number of pyridine rings is 2. The van der Waals surface area contributed by atoms with Gasteiger partial charge in [0.2, 0.25) is 5.69 Å². The van der Waals surface area contributed by atoms with Crippen molar-refractivity contribution in [2.24, 2.45) is 7.05 Å². The molecule has 164 valence electrons. The van der Waals surface area contributed by atoms with Gasteiger partial charge in [0.05, 0.1) is 11.3 Å². The lowest BCUT2D eigenvalue weighted by molar-refractivity contribution is -0.659. The van der Waals surface area contributed by atoms with E-state index in [-0.39, 0.29) is 11.2 Å². The number of benzene rings is 2. The van der Waals surface area contributed by atoms with Gasteiger partial charge in [-0.05, 0) is 73.2 Å². The predicted octanol–water partition coefficient (Wildman–Crippen LogP) is 6.84. The quantitative estimate of drug-likeness (QED) is 0.315. The molecule has 2 aliphatic carbocycles. The van der Waals surface area contributed by atoms with Crippen LogP contribution in [0.3, 0.4) is 0 Å². The van der Waals surface area contributed by atoms with Crippen LogP contribution in [-0.2, 0) is 12.5 Å². The molecule has 1 spiro atoms. The smallest absolute Gasteiger partial charge is 0.212 e. The molecule has 0 N–H and O–H groups in total. The minimum absolute atomic E-state index is 0.0146. The maximum absolute atomic E-state index is 13.4. The van der Waals surface area contributed by atoms with Crippen LogP contribution in [-0.4, -0.2) is 4.98 Å². The van der Waals surface area contributed by atoms with Gasteiger partial charge in [-0.1, -0.05) is 43.2 Å². The van der Waals surface area contributed by atoms with Crippen molar-refractivity contribution in [2.45, 2.75) is 44.9 Å². The first kappa shape index (κ1) is 20.3. The highest BCUT2D eigenvalue weighted by Crippen LogP contribution is 2.58. The Bertz CT molecular complexity index is 1400. The average Bonchev–Trinajstić information content (AvgIpc) is 3.40. The summed E-state index contributed by atoms with van der Waals surface area (Å²) in [6, 6.07) is 20.1. The van der Waals surface area contributed by atoms with E-state index in [0.29, 0.717) is 0 Å². The molecule has 3 heteroatoms. The van der Waals surface area contributed by atoms with Gasteiger partial charge >= 0.3 is 0 Å². The van der Waals surface area contributed by atoms with Crippen molar-refractivity contribution in [3.8, 4) is 33.5 Å². The molecule has 0 radical (unpaired) electrons. The molecule has 0 amide bonds. The SMILES string of the molecule is Cc1ccc2c(n1)C1(CCCC1)c1c-2ccc(C)c1-c1ccc(-c2ccc(F)cc2)c[n+]1C. The van der Waals surface area contributed by atoms with Crippen LogP contribution in [0, 0.1) is 19.7 Å². The molecule has 1 saturated carbocycles. The summed E-state index contributed by atoms with van der Waals surface area (Å²) in [5.41, 5.74) is 12.5.